The van der Waals surface area contributed by atoms with Crippen molar-refractivity contribution in [2.75, 3.05) is 14.2 Å². The van der Waals surface area contributed by atoms with Crippen molar-refractivity contribution >= 4 is 17.5 Å². The Kier molecular flexibility index (Phi) is 6.10. The van der Waals surface area contributed by atoms with E-state index in [4.69, 9.17) is 26.8 Å². The van der Waals surface area contributed by atoms with E-state index in [0.717, 1.165) is 5.56 Å². The van der Waals surface area contributed by atoms with E-state index < -0.39 is 6.10 Å². The second-order valence-electron chi connectivity index (χ2n) is 4.65. The smallest absolute Gasteiger partial charge is 0.260 e. The van der Waals surface area contributed by atoms with Crippen molar-refractivity contribution < 1.29 is 14.3 Å². The summed E-state index contributed by atoms with van der Waals surface area (Å²) in [6.07, 6.45) is -0.0610. The highest BCUT2D eigenvalue weighted by molar-refractivity contribution is 6.30. The number of rotatable bonds is 6. The van der Waals surface area contributed by atoms with E-state index >= 15 is 0 Å². The van der Waals surface area contributed by atoms with Gasteiger partial charge in [-0.3, -0.25) is 4.79 Å². The first kappa shape index (κ1) is 16.6. The molecule has 0 fully saturated rings. The summed E-state index contributed by atoms with van der Waals surface area (Å²) < 4.78 is 11.0. The fourth-order valence-corrected chi connectivity index (χ4v) is 2.07. The van der Waals surface area contributed by atoms with Crippen LogP contribution in [-0.2, 0) is 11.2 Å². The molecule has 0 saturated heterocycles. The highest BCUT2D eigenvalue weighted by Gasteiger charge is 2.20. The zero-order valence-corrected chi connectivity index (χ0v) is 13.0. The molecule has 0 aliphatic carbocycles. The van der Waals surface area contributed by atoms with Crippen LogP contribution >= 0.6 is 11.6 Å². The van der Waals surface area contributed by atoms with Gasteiger partial charge in [0, 0.05) is 29.7 Å². The molecule has 1 rings (SSSR count). The van der Waals surface area contributed by atoms with Crippen molar-refractivity contribution in [1.29, 1.82) is 0 Å². The predicted molar refractivity (Wildman–Crippen MR) is 79.5 cm³/mol. The van der Waals surface area contributed by atoms with Gasteiger partial charge in [0.25, 0.3) is 5.91 Å². The van der Waals surface area contributed by atoms with Gasteiger partial charge in [0.15, 0.2) is 17.6 Å². The Bertz CT molecular complexity index is 478. The van der Waals surface area contributed by atoms with E-state index in [0.29, 0.717) is 22.9 Å². The maximum atomic E-state index is 11.6. The number of amides is 1. The summed E-state index contributed by atoms with van der Waals surface area (Å²) >= 11 is 6.05. The molecule has 112 valence electrons. The first-order valence-corrected chi connectivity index (χ1v) is 6.77. The second kappa shape index (κ2) is 7.36. The minimum Gasteiger partial charge on any atom is -0.493 e. The van der Waals surface area contributed by atoms with Crippen LogP contribution in [0.3, 0.4) is 0 Å². The van der Waals surface area contributed by atoms with Crippen LogP contribution in [0.4, 0.5) is 0 Å². The van der Waals surface area contributed by atoms with Gasteiger partial charge in [0.05, 0.1) is 7.11 Å². The summed E-state index contributed by atoms with van der Waals surface area (Å²) in [5, 5.41) is 3.08. The third kappa shape index (κ3) is 4.28. The fraction of sp³-hybridized carbons (Fsp3) is 0.500. The molecule has 3 N–H and O–H groups in total. The summed E-state index contributed by atoms with van der Waals surface area (Å²) in [6.45, 7) is 3.56. The van der Waals surface area contributed by atoms with E-state index in [9.17, 15) is 4.79 Å². The number of nitrogens with one attached hydrogen (secondary N) is 1. The third-order valence-corrected chi connectivity index (χ3v) is 2.99. The molecule has 2 unspecified atom stereocenters. The molecule has 0 spiro atoms. The molecule has 20 heavy (non-hydrogen) atoms. The van der Waals surface area contributed by atoms with Gasteiger partial charge in [-0.1, -0.05) is 11.6 Å². The van der Waals surface area contributed by atoms with Gasteiger partial charge in [0.1, 0.15) is 0 Å². The largest absolute Gasteiger partial charge is 0.493 e. The van der Waals surface area contributed by atoms with Crippen LogP contribution in [0.25, 0.3) is 0 Å². The van der Waals surface area contributed by atoms with Gasteiger partial charge in [-0.2, -0.15) is 0 Å². The topological polar surface area (TPSA) is 73.6 Å². The lowest BCUT2D eigenvalue weighted by Crippen LogP contribution is -2.34. The number of methoxy groups -OCH3 is 1. The molecule has 0 bridgehead atoms. The maximum Gasteiger partial charge on any atom is 0.260 e. The van der Waals surface area contributed by atoms with Crippen LogP contribution in [0, 0.1) is 0 Å². The van der Waals surface area contributed by atoms with Crippen LogP contribution in [0.15, 0.2) is 12.1 Å². The molecular weight excluding hydrogens is 280 g/mol. The molecule has 6 heteroatoms. The van der Waals surface area contributed by atoms with E-state index in [-0.39, 0.29) is 11.9 Å². The minimum atomic E-state index is -0.637. The highest BCUT2D eigenvalue weighted by atomic mass is 35.5. The van der Waals surface area contributed by atoms with Crippen molar-refractivity contribution in [2.45, 2.75) is 32.4 Å². The average Bonchev–Trinajstić information content (AvgIpc) is 2.39. The molecule has 0 aliphatic heterocycles. The normalized spacial score (nSPS) is 13.5. The lowest BCUT2D eigenvalue weighted by molar-refractivity contribution is -0.126. The van der Waals surface area contributed by atoms with E-state index in [1.165, 1.54) is 7.11 Å². The van der Waals surface area contributed by atoms with Gasteiger partial charge >= 0.3 is 0 Å². The van der Waals surface area contributed by atoms with Crippen LogP contribution in [0.2, 0.25) is 5.02 Å². The SMILES string of the molecule is CNC(=O)C(C)Oc1c(CC(C)N)cc(Cl)cc1OC. The summed E-state index contributed by atoms with van der Waals surface area (Å²) in [4.78, 5) is 11.6. The molecule has 1 aromatic carbocycles. The van der Waals surface area contributed by atoms with Crippen molar-refractivity contribution in [3.63, 3.8) is 0 Å². The van der Waals surface area contributed by atoms with Gasteiger partial charge in [-0.25, -0.2) is 0 Å². The monoisotopic (exact) mass is 300 g/mol. The van der Waals surface area contributed by atoms with Crippen molar-refractivity contribution in [2.24, 2.45) is 5.73 Å². The number of hydrogen-bond acceptors (Lipinski definition) is 4. The van der Waals surface area contributed by atoms with Crippen molar-refractivity contribution in [3.05, 3.63) is 22.7 Å². The van der Waals surface area contributed by atoms with Crippen molar-refractivity contribution in [3.8, 4) is 11.5 Å². The molecule has 0 aliphatic rings. The minimum absolute atomic E-state index is 0.0594. The summed E-state index contributed by atoms with van der Waals surface area (Å²) in [5.41, 5.74) is 6.65. The van der Waals surface area contributed by atoms with Gasteiger partial charge < -0.3 is 20.5 Å². The van der Waals surface area contributed by atoms with Gasteiger partial charge in [0.2, 0.25) is 0 Å². The molecule has 1 aromatic rings. The molecule has 5 nitrogen and oxygen atoms in total. The molecule has 2 atom stereocenters. The Morgan fingerprint density at radius 1 is 1.45 bits per heavy atom. The Morgan fingerprint density at radius 2 is 2.10 bits per heavy atom. The quantitative estimate of drug-likeness (QED) is 0.839. The van der Waals surface area contributed by atoms with E-state index in [1.54, 1.807) is 26.1 Å². The predicted octanol–water partition coefficient (Wildman–Crippen LogP) is 1.75. The van der Waals surface area contributed by atoms with Crippen LogP contribution in [0.5, 0.6) is 11.5 Å². The zero-order chi connectivity index (χ0) is 15.3. The standard InChI is InChI=1S/C14H21ClN2O3/c1-8(16)5-10-6-11(15)7-12(19-4)13(10)20-9(2)14(18)17-3/h6-9H,5,16H2,1-4H3,(H,17,18). The van der Waals surface area contributed by atoms with Crippen molar-refractivity contribution in [1.82, 2.24) is 5.32 Å². The lowest BCUT2D eigenvalue weighted by Gasteiger charge is -2.20. The Balaban J connectivity index is 3.16. The number of carbonyl (C=O) groups is 1. The Morgan fingerprint density at radius 3 is 2.60 bits per heavy atom. The third-order valence-electron chi connectivity index (χ3n) is 2.77. The highest BCUT2D eigenvalue weighted by Crippen LogP contribution is 2.36. The Labute approximate surface area is 124 Å². The summed E-state index contributed by atoms with van der Waals surface area (Å²) in [6, 6.07) is 3.37. The van der Waals surface area contributed by atoms with Gasteiger partial charge in [-0.05, 0) is 26.3 Å². The number of benzene rings is 1. The van der Waals surface area contributed by atoms with Crippen LogP contribution < -0.4 is 20.5 Å². The first-order chi connectivity index (χ1) is 9.38. The maximum absolute atomic E-state index is 11.6. The number of hydrogen-bond donors (Lipinski definition) is 2. The zero-order valence-electron chi connectivity index (χ0n) is 12.2. The van der Waals surface area contributed by atoms with Crippen LogP contribution in [0.1, 0.15) is 19.4 Å². The summed E-state index contributed by atoms with van der Waals surface area (Å²) in [5.74, 6) is 0.781. The van der Waals surface area contributed by atoms with E-state index in [2.05, 4.69) is 5.32 Å². The fourth-order valence-electron chi connectivity index (χ4n) is 1.84. The number of carbonyl (C=O) groups excluding carboxylic acids is 1. The molecule has 0 radical (unpaired) electrons. The number of likely N-dealkylation sites (N-methyl/N-ethyl adjacent to an activating group) is 1. The summed E-state index contributed by atoms with van der Waals surface area (Å²) in [7, 11) is 3.09. The second-order valence-corrected chi connectivity index (χ2v) is 5.09. The Hall–Kier alpha value is -1.46. The molecule has 0 heterocycles. The molecule has 0 aromatic heterocycles. The molecule has 1 amide bonds. The molecular formula is C14H21ClN2O3. The van der Waals surface area contributed by atoms with Crippen LogP contribution in [-0.4, -0.2) is 32.2 Å². The number of halogens is 1. The molecule has 0 saturated carbocycles. The first-order valence-electron chi connectivity index (χ1n) is 6.39. The van der Waals surface area contributed by atoms with Gasteiger partial charge in [-0.15, -0.1) is 0 Å². The number of ether oxygens (including phenoxy) is 2. The average molecular weight is 301 g/mol. The number of nitrogens with two attached hydrogens (primary N) is 1. The lowest BCUT2D eigenvalue weighted by atomic mass is 10.1. The van der Waals surface area contributed by atoms with E-state index in [1.807, 2.05) is 6.92 Å².